The van der Waals surface area contributed by atoms with Crippen molar-refractivity contribution >= 4 is 23.4 Å². The highest BCUT2D eigenvalue weighted by Crippen LogP contribution is 2.43. The van der Waals surface area contributed by atoms with Crippen molar-refractivity contribution in [1.82, 2.24) is 20.2 Å². The van der Waals surface area contributed by atoms with Gasteiger partial charge in [-0.25, -0.2) is 0 Å². The standard InChI is InChI=1S/C25H23N5O3S/c1-32-21-13-12-18(14-22(21)33-2)25-26-28-29(27-25)15-24(31)30-19-10-6-7-11-23(19)34-16-20(30)17-8-4-3-5-9-17/h3-14,20H,15-16H2,1-2H3/t20-/m1/s1. The van der Waals surface area contributed by atoms with E-state index in [1.165, 1.54) is 4.80 Å². The Kier molecular flexibility index (Phi) is 6.18. The number of methoxy groups -OCH3 is 2. The molecule has 1 amide bonds. The van der Waals surface area contributed by atoms with Gasteiger partial charge in [-0.05, 0) is 41.1 Å². The van der Waals surface area contributed by atoms with Gasteiger partial charge in [0.15, 0.2) is 11.5 Å². The number of ether oxygens (including phenoxy) is 2. The molecular weight excluding hydrogens is 450 g/mol. The predicted octanol–water partition coefficient (Wildman–Crippen LogP) is 4.24. The summed E-state index contributed by atoms with van der Waals surface area (Å²) in [5.41, 5.74) is 2.71. The molecule has 172 valence electrons. The van der Waals surface area contributed by atoms with E-state index in [1.54, 1.807) is 38.1 Å². The highest BCUT2D eigenvalue weighted by atomic mass is 32.2. The van der Waals surface area contributed by atoms with Crippen LogP contribution in [0, 0.1) is 0 Å². The second-order valence-electron chi connectivity index (χ2n) is 7.68. The molecule has 0 spiro atoms. The number of benzene rings is 3. The summed E-state index contributed by atoms with van der Waals surface area (Å²) in [6.07, 6.45) is 0. The summed E-state index contributed by atoms with van der Waals surface area (Å²) in [5.74, 6) is 2.26. The lowest BCUT2D eigenvalue weighted by Gasteiger charge is -2.37. The van der Waals surface area contributed by atoms with Gasteiger partial charge < -0.3 is 14.4 Å². The Morgan fingerprint density at radius 2 is 1.76 bits per heavy atom. The highest BCUT2D eigenvalue weighted by Gasteiger charge is 2.32. The molecule has 0 unspecified atom stereocenters. The third-order valence-corrected chi connectivity index (χ3v) is 6.80. The van der Waals surface area contributed by atoms with Crippen LogP contribution in [0.3, 0.4) is 0 Å². The fraction of sp³-hybridized carbons (Fsp3) is 0.200. The van der Waals surface area contributed by atoms with E-state index in [2.05, 4.69) is 27.5 Å². The number of amides is 1. The molecule has 0 radical (unpaired) electrons. The molecule has 2 heterocycles. The molecule has 0 fully saturated rings. The lowest BCUT2D eigenvalue weighted by Crippen LogP contribution is -2.40. The van der Waals surface area contributed by atoms with E-state index >= 15 is 0 Å². The molecule has 5 rings (SSSR count). The van der Waals surface area contributed by atoms with E-state index in [0.29, 0.717) is 17.3 Å². The lowest BCUT2D eigenvalue weighted by molar-refractivity contribution is -0.120. The van der Waals surface area contributed by atoms with Gasteiger partial charge in [-0.1, -0.05) is 42.5 Å². The van der Waals surface area contributed by atoms with Gasteiger partial charge in [-0.15, -0.1) is 22.0 Å². The Labute approximate surface area is 201 Å². The molecule has 0 saturated heterocycles. The van der Waals surface area contributed by atoms with Crippen LogP contribution in [0.25, 0.3) is 11.4 Å². The fourth-order valence-corrected chi connectivity index (χ4v) is 5.18. The number of thioether (sulfide) groups is 1. The van der Waals surface area contributed by atoms with E-state index in [9.17, 15) is 4.79 Å². The molecule has 4 aromatic rings. The monoisotopic (exact) mass is 473 g/mol. The maximum absolute atomic E-state index is 13.6. The number of nitrogens with zero attached hydrogens (tertiary/aromatic N) is 5. The maximum Gasteiger partial charge on any atom is 0.251 e. The zero-order valence-corrected chi connectivity index (χ0v) is 19.6. The SMILES string of the molecule is COc1ccc(-c2nnn(CC(=O)N3c4ccccc4SC[C@@H]3c3ccccc3)n2)cc1OC. The first-order chi connectivity index (χ1) is 16.7. The molecule has 1 aliphatic rings. The number of para-hydroxylation sites is 1. The van der Waals surface area contributed by atoms with Gasteiger partial charge in [0.25, 0.3) is 5.91 Å². The summed E-state index contributed by atoms with van der Waals surface area (Å²) in [6.45, 7) is -0.0252. The number of rotatable bonds is 6. The van der Waals surface area contributed by atoms with E-state index < -0.39 is 0 Å². The van der Waals surface area contributed by atoms with Crippen LogP contribution in [0.2, 0.25) is 0 Å². The molecule has 3 aromatic carbocycles. The molecule has 0 saturated carbocycles. The number of hydrogen-bond donors (Lipinski definition) is 0. The van der Waals surface area contributed by atoms with Gasteiger partial charge in [-0.3, -0.25) is 4.79 Å². The number of carbonyl (C=O) groups is 1. The summed E-state index contributed by atoms with van der Waals surface area (Å²) in [4.78, 5) is 17.9. The Bertz CT molecular complexity index is 1310. The van der Waals surface area contributed by atoms with Crippen molar-refractivity contribution in [2.45, 2.75) is 17.5 Å². The van der Waals surface area contributed by atoms with Gasteiger partial charge in [0.1, 0.15) is 6.54 Å². The van der Waals surface area contributed by atoms with E-state index in [-0.39, 0.29) is 18.5 Å². The summed E-state index contributed by atoms with van der Waals surface area (Å²) < 4.78 is 10.7. The first-order valence-electron chi connectivity index (χ1n) is 10.8. The van der Waals surface area contributed by atoms with Crippen molar-refractivity contribution in [3.05, 3.63) is 78.4 Å². The third kappa shape index (κ3) is 4.22. The Morgan fingerprint density at radius 1 is 1.00 bits per heavy atom. The average molecular weight is 474 g/mol. The van der Waals surface area contributed by atoms with Gasteiger partial charge >= 0.3 is 0 Å². The van der Waals surface area contributed by atoms with Crippen LogP contribution in [-0.4, -0.2) is 46.1 Å². The quantitative estimate of drug-likeness (QED) is 0.414. The minimum absolute atomic E-state index is 0.0252. The molecule has 1 atom stereocenters. The number of fused-ring (bicyclic) bond motifs is 1. The predicted molar refractivity (Wildman–Crippen MR) is 130 cm³/mol. The number of aromatic nitrogens is 4. The van der Waals surface area contributed by atoms with E-state index in [0.717, 1.165) is 27.5 Å². The molecule has 0 aliphatic carbocycles. The van der Waals surface area contributed by atoms with Crippen molar-refractivity contribution < 1.29 is 14.3 Å². The Morgan fingerprint density at radius 3 is 2.56 bits per heavy atom. The molecule has 0 N–H and O–H groups in total. The van der Waals surface area contributed by atoms with Crippen LogP contribution < -0.4 is 14.4 Å². The summed E-state index contributed by atoms with van der Waals surface area (Å²) in [5, 5.41) is 12.7. The first-order valence-corrected chi connectivity index (χ1v) is 11.8. The Balaban J connectivity index is 1.42. The lowest BCUT2D eigenvalue weighted by atomic mass is 10.1. The van der Waals surface area contributed by atoms with Crippen molar-refractivity contribution in [2.24, 2.45) is 0 Å². The Hall–Kier alpha value is -3.85. The third-order valence-electron chi connectivity index (χ3n) is 5.66. The van der Waals surface area contributed by atoms with Crippen LogP contribution in [0.5, 0.6) is 11.5 Å². The van der Waals surface area contributed by atoms with Gasteiger partial charge in [0.2, 0.25) is 5.82 Å². The molecule has 0 bridgehead atoms. The van der Waals surface area contributed by atoms with Crippen molar-refractivity contribution in [1.29, 1.82) is 0 Å². The zero-order valence-electron chi connectivity index (χ0n) is 18.8. The molecule has 1 aromatic heterocycles. The van der Waals surface area contributed by atoms with E-state index in [1.807, 2.05) is 53.4 Å². The average Bonchev–Trinajstić information content (AvgIpc) is 3.36. The molecule has 1 aliphatic heterocycles. The van der Waals surface area contributed by atoms with Crippen LogP contribution in [0.1, 0.15) is 11.6 Å². The number of anilines is 1. The van der Waals surface area contributed by atoms with Crippen molar-refractivity contribution in [3.8, 4) is 22.9 Å². The number of hydrogen-bond acceptors (Lipinski definition) is 7. The molecule has 9 heteroatoms. The van der Waals surface area contributed by atoms with Crippen LogP contribution >= 0.6 is 11.8 Å². The summed E-state index contributed by atoms with van der Waals surface area (Å²) >= 11 is 1.76. The molecular formula is C25H23N5O3S. The second-order valence-corrected chi connectivity index (χ2v) is 8.74. The zero-order chi connectivity index (χ0) is 23.5. The maximum atomic E-state index is 13.6. The highest BCUT2D eigenvalue weighted by molar-refractivity contribution is 7.99. The second kappa shape index (κ2) is 9.56. The largest absolute Gasteiger partial charge is 0.493 e. The summed E-state index contributed by atoms with van der Waals surface area (Å²) in [7, 11) is 3.15. The van der Waals surface area contributed by atoms with Crippen molar-refractivity contribution in [3.63, 3.8) is 0 Å². The van der Waals surface area contributed by atoms with E-state index in [4.69, 9.17) is 9.47 Å². The van der Waals surface area contributed by atoms with Gasteiger partial charge in [0.05, 0.1) is 25.9 Å². The van der Waals surface area contributed by atoms with Crippen LogP contribution in [0.15, 0.2) is 77.7 Å². The topological polar surface area (TPSA) is 82.4 Å². The van der Waals surface area contributed by atoms with Crippen LogP contribution in [0.4, 0.5) is 5.69 Å². The molecule has 34 heavy (non-hydrogen) atoms. The fourth-order valence-electron chi connectivity index (χ4n) is 4.02. The minimum Gasteiger partial charge on any atom is -0.493 e. The first kappa shape index (κ1) is 22.0. The van der Waals surface area contributed by atoms with Crippen molar-refractivity contribution in [2.75, 3.05) is 24.9 Å². The van der Waals surface area contributed by atoms with Gasteiger partial charge in [0, 0.05) is 16.2 Å². The normalized spacial score (nSPS) is 15.0. The van der Waals surface area contributed by atoms with Crippen LogP contribution in [-0.2, 0) is 11.3 Å². The molecule has 8 nitrogen and oxygen atoms in total. The smallest absolute Gasteiger partial charge is 0.251 e. The summed E-state index contributed by atoms with van der Waals surface area (Å²) in [6, 6.07) is 23.4. The number of carbonyl (C=O) groups excluding carboxylic acids is 1. The van der Waals surface area contributed by atoms with Gasteiger partial charge in [-0.2, -0.15) is 4.80 Å². The minimum atomic E-state index is -0.0992. The number of tetrazole rings is 1.